The minimum atomic E-state index is -2.06. The average molecular weight is 647 g/mol. The summed E-state index contributed by atoms with van der Waals surface area (Å²) in [6, 6.07) is 6.54. The molecule has 17 heteroatoms. The number of carbonyl (C=O) groups is 3. The molecule has 244 valence electrons. The van der Waals surface area contributed by atoms with Crippen LogP contribution in [0.1, 0.15) is 26.3 Å². The van der Waals surface area contributed by atoms with Crippen LogP contribution in [0.4, 0.5) is 0 Å². The Morgan fingerprint density at radius 3 is 1.76 bits per heavy atom. The molecule has 3 aromatic carbocycles. The maximum atomic E-state index is 12.9. The van der Waals surface area contributed by atoms with Crippen molar-refractivity contribution in [2.45, 2.75) is 30.7 Å². The second-order valence-electron chi connectivity index (χ2n) is 9.74. The van der Waals surface area contributed by atoms with Gasteiger partial charge in [0.1, 0.15) is 24.9 Å². The maximum Gasteiger partial charge on any atom is 0.340 e. The van der Waals surface area contributed by atoms with Crippen LogP contribution in [0.15, 0.2) is 48.5 Å². The van der Waals surface area contributed by atoms with Crippen molar-refractivity contribution in [2.75, 3.05) is 6.61 Å². The van der Waals surface area contributed by atoms with Gasteiger partial charge in [0.2, 0.25) is 6.29 Å². The maximum absolute atomic E-state index is 12.9. The second kappa shape index (κ2) is 13.4. The lowest BCUT2D eigenvalue weighted by molar-refractivity contribution is -0.288. The minimum Gasteiger partial charge on any atom is -0.504 e. The van der Waals surface area contributed by atoms with Gasteiger partial charge in [0.15, 0.2) is 52.1 Å². The number of aromatic hydroxyl groups is 8. The normalized spacial score (nSPS) is 21.0. The number of phenolic OH excluding ortho intramolecular Hbond substituents is 8. The van der Waals surface area contributed by atoms with Gasteiger partial charge in [-0.15, -0.1) is 0 Å². The molecule has 1 aliphatic rings. The summed E-state index contributed by atoms with van der Waals surface area (Å²) in [7, 11) is 0. The summed E-state index contributed by atoms with van der Waals surface area (Å²) >= 11 is 0. The molecular formula is C29H26O17. The van der Waals surface area contributed by atoms with Gasteiger partial charge in [0.25, 0.3) is 0 Å². The number of esters is 3. The molecule has 3 aromatic rings. The van der Waals surface area contributed by atoms with Crippen LogP contribution in [-0.4, -0.2) is 106 Å². The summed E-state index contributed by atoms with van der Waals surface area (Å²) in [4.78, 5) is 38.0. The highest BCUT2D eigenvalue weighted by molar-refractivity contribution is 5.92. The van der Waals surface area contributed by atoms with Gasteiger partial charge in [-0.3, -0.25) is 0 Å². The molecule has 0 bridgehead atoms. The smallest absolute Gasteiger partial charge is 0.340 e. The fourth-order valence-corrected chi connectivity index (χ4v) is 4.10. The first-order valence-corrected chi connectivity index (χ1v) is 13.0. The number of aliphatic hydroxyl groups excluding tert-OH is 2. The predicted octanol–water partition coefficient (Wildman–Crippen LogP) is 0.417. The van der Waals surface area contributed by atoms with Crippen molar-refractivity contribution in [1.29, 1.82) is 0 Å². The van der Waals surface area contributed by atoms with E-state index < -0.39 is 112 Å². The van der Waals surface area contributed by atoms with Gasteiger partial charge in [0.05, 0.1) is 11.1 Å². The number of ether oxygens (including phenoxy) is 4. The van der Waals surface area contributed by atoms with Gasteiger partial charge >= 0.3 is 17.9 Å². The van der Waals surface area contributed by atoms with Gasteiger partial charge in [-0.25, -0.2) is 14.4 Å². The van der Waals surface area contributed by atoms with Crippen LogP contribution in [0.3, 0.4) is 0 Å². The Labute approximate surface area is 257 Å². The monoisotopic (exact) mass is 646 g/mol. The third kappa shape index (κ3) is 7.24. The average Bonchev–Trinajstić information content (AvgIpc) is 3.01. The molecule has 1 fully saturated rings. The largest absolute Gasteiger partial charge is 0.504 e. The number of hydrogen-bond acceptors (Lipinski definition) is 17. The Kier molecular flexibility index (Phi) is 9.60. The molecule has 1 heterocycles. The minimum absolute atomic E-state index is 0.236. The highest BCUT2D eigenvalue weighted by Crippen LogP contribution is 2.37. The van der Waals surface area contributed by atoms with Crippen LogP contribution in [0.25, 0.3) is 6.08 Å². The topological polar surface area (TPSA) is 290 Å². The van der Waals surface area contributed by atoms with Gasteiger partial charge in [0, 0.05) is 6.08 Å². The van der Waals surface area contributed by atoms with Crippen molar-refractivity contribution >= 4 is 24.0 Å². The number of rotatable bonds is 8. The van der Waals surface area contributed by atoms with Crippen molar-refractivity contribution in [3.8, 4) is 46.0 Å². The molecule has 1 aliphatic heterocycles. The van der Waals surface area contributed by atoms with Gasteiger partial charge in [-0.2, -0.15) is 0 Å². The number of phenols is 8. The second-order valence-corrected chi connectivity index (χ2v) is 9.74. The first-order valence-electron chi connectivity index (χ1n) is 13.0. The zero-order valence-electron chi connectivity index (χ0n) is 23.1. The first-order chi connectivity index (χ1) is 21.7. The molecule has 17 nitrogen and oxygen atoms in total. The molecule has 10 N–H and O–H groups in total. The van der Waals surface area contributed by atoms with Crippen LogP contribution in [0.2, 0.25) is 0 Å². The quantitative estimate of drug-likeness (QED) is 0.0686. The van der Waals surface area contributed by atoms with E-state index >= 15 is 0 Å². The number of carbonyl (C=O) groups excluding carboxylic acids is 3. The molecule has 5 atom stereocenters. The molecule has 0 radical (unpaired) electrons. The third-order valence-electron chi connectivity index (χ3n) is 6.52. The molecule has 4 rings (SSSR count). The summed E-state index contributed by atoms with van der Waals surface area (Å²) < 4.78 is 20.9. The summed E-state index contributed by atoms with van der Waals surface area (Å²) in [5, 5.41) is 98.4. The highest BCUT2D eigenvalue weighted by Gasteiger charge is 2.49. The molecule has 0 spiro atoms. The van der Waals surface area contributed by atoms with Crippen molar-refractivity contribution in [3.63, 3.8) is 0 Å². The van der Waals surface area contributed by atoms with E-state index in [0.717, 1.165) is 36.4 Å². The Hall–Kier alpha value is -5.91. The molecule has 1 saturated heterocycles. The Balaban J connectivity index is 1.55. The number of benzene rings is 3. The standard InChI is InChI=1S/C29H26O17/c30-14-3-1-11(5-15(14)31)2-4-21(36)45-26-25(40)24(39)20(10-43-27(41)12-6-16(32)22(37)17(33)7-12)44-29(26)46-28(42)13-8-18(34)23(38)19(35)9-13/h1-9,20,24-26,29-35,37-40H,10H2/b4-2-/t20-,24-,25+,26-,29+/m1/s1. The van der Waals surface area contributed by atoms with E-state index in [2.05, 4.69) is 0 Å². The van der Waals surface area contributed by atoms with Crippen LogP contribution < -0.4 is 0 Å². The summed E-state index contributed by atoms with van der Waals surface area (Å²) in [5.41, 5.74) is -0.738. The van der Waals surface area contributed by atoms with Gasteiger partial charge in [-0.05, 0) is 48.0 Å². The van der Waals surface area contributed by atoms with Crippen molar-refractivity contribution in [2.24, 2.45) is 0 Å². The number of hydrogen-bond donors (Lipinski definition) is 10. The van der Waals surface area contributed by atoms with E-state index in [9.17, 15) is 65.4 Å². The van der Waals surface area contributed by atoms with E-state index in [1.165, 1.54) is 6.07 Å². The van der Waals surface area contributed by atoms with E-state index in [1.54, 1.807) is 0 Å². The van der Waals surface area contributed by atoms with Crippen LogP contribution in [-0.2, 0) is 23.7 Å². The molecule has 0 aromatic heterocycles. The highest BCUT2D eigenvalue weighted by atomic mass is 16.7. The van der Waals surface area contributed by atoms with Crippen LogP contribution in [0.5, 0.6) is 46.0 Å². The lowest BCUT2D eigenvalue weighted by Crippen LogP contribution is -2.61. The third-order valence-corrected chi connectivity index (χ3v) is 6.52. The Morgan fingerprint density at radius 1 is 0.674 bits per heavy atom. The van der Waals surface area contributed by atoms with E-state index in [4.69, 9.17) is 18.9 Å². The lowest BCUT2D eigenvalue weighted by Gasteiger charge is -2.41. The SMILES string of the molecule is O=C(/C=C\c1ccc(O)c(O)c1)O[C@H]1[C@H](OC(=O)c2cc(O)c(O)c(O)c2)O[C@H](COC(=O)c2cc(O)c(O)c(O)c2)[C@@H](O)[C@@H]1O. The van der Waals surface area contributed by atoms with Crippen LogP contribution >= 0.6 is 0 Å². The summed E-state index contributed by atoms with van der Waals surface area (Å²) in [6.07, 6.45) is -7.68. The molecule has 0 amide bonds. The van der Waals surface area contributed by atoms with Crippen molar-refractivity contribution in [1.82, 2.24) is 0 Å². The lowest BCUT2D eigenvalue weighted by atomic mass is 9.99. The fourth-order valence-electron chi connectivity index (χ4n) is 4.10. The molecular weight excluding hydrogens is 620 g/mol. The summed E-state index contributed by atoms with van der Waals surface area (Å²) in [6.45, 7) is -0.848. The number of aliphatic hydroxyl groups is 2. The zero-order valence-corrected chi connectivity index (χ0v) is 23.1. The van der Waals surface area contributed by atoms with E-state index in [1.807, 2.05) is 0 Å². The Morgan fingerprint density at radius 2 is 1.22 bits per heavy atom. The summed E-state index contributed by atoms with van der Waals surface area (Å²) in [5.74, 6) is -9.98. The van der Waals surface area contributed by atoms with Crippen LogP contribution in [0, 0.1) is 0 Å². The molecule has 0 saturated carbocycles. The molecule has 0 aliphatic carbocycles. The first kappa shape index (κ1) is 33.0. The fraction of sp³-hybridized carbons (Fsp3) is 0.207. The van der Waals surface area contributed by atoms with E-state index in [0.29, 0.717) is 12.1 Å². The van der Waals surface area contributed by atoms with Crippen molar-refractivity contribution in [3.05, 3.63) is 65.2 Å². The van der Waals surface area contributed by atoms with Crippen molar-refractivity contribution < 1.29 is 84.4 Å². The van der Waals surface area contributed by atoms with E-state index in [-0.39, 0.29) is 5.56 Å². The molecule has 46 heavy (non-hydrogen) atoms. The Bertz CT molecular complexity index is 1640. The van der Waals surface area contributed by atoms with Gasteiger partial charge in [-0.1, -0.05) is 6.07 Å². The molecule has 0 unspecified atom stereocenters. The predicted molar refractivity (Wildman–Crippen MR) is 148 cm³/mol. The zero-order chi connectivity index (χ0) is 33.9. The van der Waals surface area contributed by atoms with Gasteiger partial charge < -0.3 is 70.0 Å².